The number of carbonyl (C=O) groups is 1. The zero-order valence-electron chi connectivity index (χ0n) is 20.9. The summed E-state index contributed by atoms with van der Waals surface area (Å²) in [5, 5.41) is 8.55. The van der Waals surface area contributed by atoms with Gasteiger partial charge in [0.05, 0.1) is 22.7 Å². The lowest BCUT2D eigenvalue weighted by Crippen LogP contribution is -2.10. The molecule has 0 spiro atoms. The zero-order valence-corrected chi connectivity index (χ0v) is 20.9. The fourth-order valence-corrected chi connectivity index (χ4v) is 4.75. The number of rotatable bonds is 7. The quantitative estimate of drug-likeness (QED) is 0.290. The number of aromatic amines is 2. The molecule has 2 aromatic carbocycles. The van der Waals surface area contributed by atoms with Gasteiger partial charge in [0.25, 0.3) is 0 Å². The van der Waals surface area contributed by atoms with E-state index in [1.807, 2.05) is 38.6 Å². The number of aldehydes is 1. The standard InChI is InChI=1S/C29H24FN7O/c1-37(2)16-18-8-21(13-31-12-18)19-3-4-25-23(11-19)28(36-35-25)29-33-26-15-32-14-24(27(26)34-29)20-7-17(5-6-38)9-22(30)10-20/h3-4,6-15H,5,16H2,1-2H3,(H,33,34)(H,35,36). The summed E-state index contributed by atoms with van der Waals surface area (Å²) in [7, 11) is 4.06. The van der Waals surface area contributed by atoms with Gasteiger partial charge in [0, 0.05) is 48.1 Å². The lowest BCUT2D eigenvalue weighted by molar-refractivity contribution is -0.107. The second-order valence-electron chi connectivity index (χ2n) is 9.54. The number of benzene rings is 2. The maximum absolute atomic E-state index is 14.3. The third-order valence-corrected chi connectivity index (χ3v) is 6.40. The molecule has 0 aliphatic carbocycles. The molecule has 8 nitrogen and oxygen atoms in total. The number of imidazole rings is 1. The van der Waals surface area contributed by atoms with Crippen LogP contribution in [0.3, 0.4) is 0 Å². The smallest absolute Gasteiger partial charge is 0.159 e. The molecule has 0 unspecified atom stereocenters. The highest BCUT2D eigenvalue weighted by atomic mass is 19.1. The number of nitrogens with one attached hydrogen (secondary N) is 2. The van der Waals surface area contributed by atoms with Crippen molar-refractivity contribution in [3.05, 3.63) is 84.2 Å². The largest absolute Gasteiger partial charge is 0.335 e. The lowest BCUT2D eigenvalue weighted by atomic mass is 10.0. The Morgan fingerprint density at radius 1 is 0.895 bits per heavy atom. The molecule has 4 aromatic heterocycles. The van der Waals surface area contributed by atoms with Crippen LogP contribution in [0.4, 0.5) is 4.39 Å². The van der Waals surface area contributed by atoms with Crippen LogP contribution in [-0.4, -0.2) is 55.4 Å². The molecule has 6 rings (SSSR count). The normalized spacial score (nSPS) is 11.6. The number of halogens is 1. The molecule has 2 N–H and O–H groups in total. The third-order valence-electron chi connectivity index (χ3n) is 6.40. The van der Waals surface area contributed by atoms with E-state index in [2.05, 4.69) is 42.2 Å². The van der Waals surface area contributed by atoms with Crippen LogP contribution in [-0.2, 0) is 17.8 Å². The van der Waals surface area contributed by atoms with E-state index in [1.165, 1.54) is 12.1 Å². The van der Waals surface area contributed by atoms with Crippen molar-refractivity contribution in [1.82, 2.24) is 35.0 Å². The van der Waals surface area contributed by atoms with E-state index in [9.17, 15) is 9.18 Å². The molecule has 0 amide bonds. The summed E-state index contributed by atoms with van der Waals surface area (Å²) in [5.41, 5.74) is 7.94. The molecule has 0 bridgehead atoms. The second kappa shape index (κ2) is 9.60. The number of carbonyl (C=O) groups excluding carboxylic acids is 1. The molecule has 0 aliphatic rings. The summed E-state index contributed by atoms with van der Waals surface area (Å²) in [4.78, 5) is 30.0. The van der Waals surface area contributed by atoms with Crippen LogP contribution in [0.5, 0.6) is 0 Å². The first-order valence-corrected chi connectivity index (χ1v) is 12.1. The summed E-state index contributed by atoms with van der Waals surface area (Å²) >= 11 is 0. The van der Waals surface area contributed by atoms with Crippen LogP contribution in [0, 0.1) is 5.82 Å². The first-order valence-electron chi connectivity index (χ1n) is 12.1. The predicted octanol–water partition coefficient (Wildman–Crippen LogP) is 5.17. The molecule has 188 valence electrons. The molecule has 0 saturated heterocycles. The Kier molecular flexibility index (Phi) is 5.97. The summed E-state index contributed by atoms with van der Waals surface area (Å²) in [6.07, 6.45) is 7.97. The van der Waals surface area contributed by atoms with Gasteiger partial charge in [-0.15, -0.1) is 0 Å². The van der Waals surface area contributed by atoms with E-state index in [4.69, 9.17) is 4.98 Å². The van der Waals surface area contributed by atoms with Crippen molar-refractivity contribution in [1.29, 1.82) is 0 Å². The molecule has 0 radical (unpaired) electrons. The topological polar surface area (TPSA) is 103 Å². The van der Waals surface area contributed by atoms with Crippen LogP contribution in [0.1, 0.15) is 11.1 Å². The fourth-order valence-electron chi connectivity index (χ4n) is 4.75. The second-order valence-corrected chi connectivity index (χ2v) is 9.54. The van der Waals surface area contributed by atoms with Gasteiger partial charge in [-0.05, 0) is 66.7 Å². The monoisotopic (exact) mass is 505 g/mol. The van der Waals surface area contributed by atoms with Gasteiger partial charge >= 0.3 is 0 Å². The number of pyridine rings is 2. The molecule has 0 atom stereocenters. The van der Waals surface area contributed by atoms with Crippen LogP contribution in [0.25, 0.3) is 55.7 Å². The lowest BCUT2D eigenvalue weighted by Gasteiger charge is -2.10. The Hall–Kier alpha value is -4.76. The van der Waals surface area contributed by atoms with E-state index < -0.39 is 5.82 Å². The third kappa shape index (κ3) is 4.44. The molecule has 38 heavy (non-hydrogen) atoms. The number of hydrogen-bond donors (Lipinski definition) is 2. The minimum Gasteiger partial charge on any atom is -0.335 e. The van der Waals surface area contributed by atoms with Crippen molar-refractivity contribution in [2.45, 2.75) is 13.0 Å². The van der Waals surface area contributed by atoms with Crippen LogP contribution in [0.2, 0.25) is 0 Å². The van der Waals surface area contributed by atoms with Crippen molar-refractivity contribution >= 4 is 28.2 Å². The van der Waals surface area contributed by atoms with Crippen LogP contribution >= 0.6 is 0 Å². The Balaban J connectivity index is 1.44. The van der Waals surface area contributed by atoms with Gasteiger partial charge in [0.2, 0.25) is 0 Å². The molecule has 4 heterocycles. The summed E-state index contributed by atoms with van der Waals surface area (Å²) in [6.45, 7) is 0.803. The highest BCUT2D eigenvalue weighted by Crippen LogP contribution is 2.33. The SMILES string of the molecule is CN(C)Cc1cncc(-c2ccc3[nH]nc(-c4nc5c(-c6cc(F)cc(CC=O)c6)cncc5[nH]4)c3c2)c1. The summed E-state index contributed by atoms with van der Waals surface area (Å²) < 4.78 is 14.3. The van der Waals surface area contributed by atoms with E-state index in [0.29, 0.717) is 39.2 Å². The minimum absolute atomic E-state index is 0.134. The highest BCUT2D eigenvalue weighted by molar-refractivity contribution is 5.98. The number of fused-ring (bicyclic) bond motifs is 2. The van der Waals surface area contributed by atoms with E-state index in [0.717, 1.165) is 40.4 Å². The van der Waals surface area contributed by atoms with Crippen molar-refractivity contribution in [2.75, 3.05) is 14.1 Å². The van der Waals surface area contributed by atoms with Crippen LogP contribution in [0.15, 0.2) is 67.3 Å². The van der Waals surface area contributed by atoms with Gasteiger partial charge in [-0.2, -0.15) is 5.10 Å². The number of hydrogen-bond acceptors (Lipinski definition) is 6. The molecular formula is C29H24FN7O. The predicted molar refractivity (Wildman–Crippen MR) is 145 cm³/mol. The average Bonchev–Trinajstić information content (AvgIpc) is 3.52. The molecule has 0 saturated carbocycles. The summed E-state index contributed by atoms with van der Waals surface area (Å²) in [5.74, 6) is 0.156. The van der Waals surface area contributed by atoms with Crippen molar-refractivity contribution in [2.24, 2.45) is 0 Å². The van der Waals surface area contributed by atoms with Crippen molar-refractivity contribution in [3.8, 4) is 33.8 Å². The Bertz CT molecular complexity index is 1800. The van der Waals surface area contributed by atoms with Gasteiger partial charge in [-0.1, -0.05) is 12.1 Å². The molecule has 6 aromatic rings. The Morgan fingerprint density at radius 3 is 2.58 bits per heavy atom. The molecule has 0 fully saturated rings. The Labute approximate surface area is 217 Å². The highest BCUT2D eigenvalue weighted by Gasteiger charge is 2.17. The van der Waals surface area contributed by atoms with Gasteiger partial charge < -0.3 is 14.7 Å². The average molecular weight is 506 g/mol. The maximum Gasteiger partial charge on any atom is 0.159 e. The van der Waals surface area contributed by atoms with E-state index in [-0.39, 0.29) is 6.42 Å². The van der Waals surface area contributed by atoms with Gasteiger partial charge in [-0.3, -0.25) is 15.1 Å². The first kappa shape index (κ1) is 23.6. The van der Waals surface area contributed by atoms with E-state index >= 15 is 0 Å². The minimum atomic E-state index is -0.415. The first-order chi connectivity index (χ1) is 18.5. The van der Waals surface area contributed by atoms with Crippen LogP contribution < -0.4 is 0 Å². The van der Waals surface area contributed by atoms with Gasteiger partial charge in [0.15, 0.2) is 5.82 Å². The number of aromatic nitrogens is 6. The Morgan fingerprint density at radius 2 is 1.74 bits per heavy atom. The van der Waals surface area contributed by atoms with Gasteiger partial charge in [-0.25, -0.2) is 9.37 Å². The van der Waals surface area contributed by atoms with Crippen molar-refractivity contribution < 1.29 is 9.18 Å². The van der Waals surface area contributed by atoms with Crippen molar-refractivity contribution in [3.63, 3.8) is 0 Å². The number of nitrogens with zero attached hydrogens (tertiary/aromatic N) is 5. The van der Waals surface area contributed by atoms with E-state index in [1.54, 1.807) is 18.5 Å². The fraction of sp³-hybridized carbons (Fsp3) is 0.138. The number of H-pyrrole nitrogens is 2. The molecular weight excluding hydrogens is 481 g/mol. The molecule has 9 heteroatoms. The zero-order chi connectivity index (χ0) is 26.2. The maximum atomic E-state index is 14.3. The van der Waals surface area contributed by atoms with Gasteiger partial charge in [0.1, 0.15) is 17.8 Å². The summed E-state index contributed by atoms with van der Waals surface area (Å²) in [6, 6.07) is 12.8. The molecule has 0 aliphatic heterocycles.